The van der Waals surface area contributed by atoms with Crippen molar-refractivity contribution in [1.29, 1.82) is 0 Å². The fourth-order valence-corrected chi connectivity index (χ4v) is 7.59. The van der Waals surface area contributed by atoms with Gasteiger partial charge in [0.05, 0.1) is 52.4 Å². The molecule has 3 aromatic carbocycles. The van der Waals surface area contributed by atoms with Crippen LogP contribution in [-0.4, -0.2) is 123 Å². The van der Waals surface area contributed by atoms with Gasteiger partial charge in [0.15, 0.2) is 25.2 Å². The van der Waals surface area contributed by atoms with E-state index in [2.05, 4.69) is 0 Å². The average molecular weight is 769 g/mol. The van der Waals surface area contributed by atoms with E-state index >= 15 is 0 Å². The lowest BCUT2D eigenvalue weighted by atomic mass is 9.90. The molecule has 6 unspecified atom stereocenters. The van der Waals surface area contributed by atoms with E-state index in [1.54, 1.807) is 12.1 Å². The van der Waals surface area contributed by atoms with E-state index in [0.29, 0.717) is 37.7 Å². The Labute approximate surface area is 319 Å². The van der Waals surface area contributed by atoms with Crippen molar-refractivity contribution in [2.24, 2.45) is 5.92 Å². The highest BCUT2D eigenvalue weighted by Crippen LogP contribution is 2.40. The number of ether oxygens (including phenoxy) is 10. The number of hydrogen-bond donors (Lipinski definition) is 2. The fourth-order valence-electron chi connectivity index (χ4n) is 6.90. The summed E-state index contributed by atoms with van der Waals surface area (Å²) in [5.74, 6) is 0.158. The maximum Gasteiger partial charge on any atom is 0.219 e. The van der Waals surface area contributed by atoms with Crippen LogP contribution in [-0.2, 0) is 47.4 Å². The summed E-state index contributed by atoms with van der Waals surface area (Å²) in [5, 5.41) is 22.6. The van der Waals surface area contributed by atoms with E-state index in [1.165, 1.54) is 11.8 Å². The summed E-state index contributed by atoms with van der Waals surface area (Å²) in [6.07, 6.45) is -9.38. The van der Waals surface area contributed by atoms with Crippen LogP contribution in [0.3, 0.4) is 0 Å². The van der Waals surface area contributed by atoms with Crippen molar-refractivity contribution in [2.45, 2.75) is 74.8 Å². The monoisotopic (exact) mass is 768 g/mol. The van der Waals surface area contributed by atoms with Gasteiger partial charge in [-0.05, 0) is 0 Å². The van der Waals surface area contributed by atoms with Crippen molar-refractivity contribution in [2.75, 3.05) is 52.0 Å². The molecule has 13 nitrogen and oxygen atoms in total. The SMILES string of the molecule is CC1[C@H](OCCOCCOCCSC(=O)c2ccccc2)OC2COC(c3ccccc3)O[C@@H]2[C@@H]1O[C@H]1OC2COC(c3ccccc3)O[C@@H]2[C@H](O)C1O. The van der Waals surface area contributed by atoms with Gasteiger partial charge in [0.1, 0.15) is 36.6 Å². The van der Waals surface area contributed by atoms with Gasteiger partial charge >= 0.3 is 0 Å². The molecule has 0 saturated carbocycles. The highest BCUT2D eigenvalue weighted by molar-refractivity contribution is 8.14. The molecule has 0 radical (unpaired) electrons. The lowest BCUT2D eigenvalue weighted by Gasteiger charge is -2.51. The Kier molecular flexibility index (Phi) is 14.1. The van der Waals surface area contributed by atoms with Crippen LogP contribution in [0.5, 0.6) is 0 Å². The van der Waals surface area contributed by atoms with Crippen LogP contribution in [0.15, 0.2) is 91.0 Å². The Hall–Kier alpha value is -2.80. The van der Waals surface area contributed by atoms with Gasteiger partial charge in [0, 0.05) is 28.4 Å². The molecule has 0 amide bonds. The highest BCUT2D eigenvalue weighted by atomic mass is 32.2. The summed E-state index contributed by atoms with van der Waals surface area (Å²) >= 11 is 1.23. The lowest BCUT2D eigenvalue weighted by molar-refractivity contribution is -0.399. The Balaban J connectivity index is 0.913. The standard InChI is InChI=1S/C40H48O13S/c1-25-33(51-40-32(42)31(41)34-29(50-40)23-47-38(52-34)27-13-7-3-8-14-27)35-30(24-48-39(53-35)28-15-9-4-10-16-28)49-37(25)46-20-19-44-17-18-45-21-22-54-36(43)26-11-5-2-6-12-26/h2-16,25,29-35,37-42H,17-24H2,1H3/t25?,29?,30?,31-,32?,33-,34+,35+,37-,38?,39?,40-/m1/s1. The first-order valence-electron chi connectivity index (χ1n) is 18.4. The van der Waals surface area contributed by atoms with Crippen LogP contribution < -0.4 is 0 Å². The summed E-state index contributed by atoms with van der Waals surface area (Å²) < 4.78 is 61.2. The molecule has 3 aromatic rings. The predicted molar refractivity (Wildman–Crippen MR) is 194 cm³/mol. The number of aliphatic hydroxyl groups is 2. The third kappa shape index (κ3) is 9.76. The molecule has 0 bridgehead atoms. The minimum Gasteiger partial charge on any atom is -0.387 e. The molecule has 0 aromatic heterocycles. The second-order valence-electron chi connectivity index (χ2n) is 13.5. The zero-order valence-electron chi connectivity index (χ0n) is 30.0. The van der Waals surface area contributed by atoms with Crippen LogP contribution >= 0.6 is 11.8 Å². The second-order valence-corrected chi connectivity index (χ2v) is 14.5. The van der Waals surface area contributed by atoms with Crippen molar-refractivity contribution in [1.82, 2.24) is 0 Å². The number of carbonyl (C=O) groups is 1. The molecule has 7 rings (SSSR count). The quantitative estimate of drug-likeness (QED) is 0.214. The number of rotatable bonds is 15. The first kappa shape index (κ1) is 39.4. The van der Waals surface area contributed by atoms with Crippen molar-refractivity contribution in [3.05, 3.63) is 108 Å². The topological polar surface area (TPSA) is 150 Å². The molecule has 4 heterocycles. The Morgan fingerprint density at radius 2 is 1.20 bits per heavy atom. The van der Waals surface area contributed by atoms with Gasteiger partial charge in [-0.3, -0.25) is 4.79 Å². The first-order valence-corrected chi connectivity index (χ1v) is 19.4. The van der Waals surface area contributed by atoms with Crippen molar-refractivity contribution < 1.29 is 62.4 Å². The highest BCUT2D eigenvalue weighted by Gasteiger charge is 2.54. The molecule has 4 aliphatic heterocycles. The van der Waals surface area contributed by atoms with E-state index in [9.17, 15) is 15.0 Å². The zero-order chi connectivity index (χ0) is 37.3. The molecule has 14 heteroatoms. The third-order valence-corrected chi connectivity index (χ3v) is 10.6. The number of fused-ring (bicyclic) bond motifs is 2. The van der Waals surface area contributed by atoms with Crippen molar-refractivity contribution in [3.8, 4) is 0 Å². The smallest absolute Gasteiger partial charge is 0.219 e. The number of aliphatic hydroxyl groups excluding tert-OH is 2. The van der Waals surface area contributed by atoms with E-state index in [1.807, 2.05) is 85.8 Å². The van der Waals surface area contributed by atoms with Crippen LogP contribution in [0.2, 0.25) is 0 Å². The Bertz CT molecular complexity index is 1570. The maximum atomic E-state index is 12.2. The second kappa shape index (κ2) is 19.4. The van der Waals surface area contributed by atoms with Gasteiger partial charge in [-0.15, -0.1) is 0 Å². The predicted octanol–water partition coefficient (Wildman–Crippen LogP) is 4.03. The molecule has 0 spiro atoms. The minimum absolute atomic E-state index is 0.0207. The lowest BCUT2D eigenvalue weighted by Crippen LogP contribution is -2.65. The summed E-state index contributed by atoms with van der Waals surface area (Å²) in [6.45, 7) is 3.97. The normalized spacial score (nSPS) is 33.8. The summed E-state index contributed by atoms with van der Waals surface area (Å²) in [7, 11) is 0. The van der Waals surface area contributed by atoms with Crippen LogP contribution in [0, 0.1) is 5.92 Å². The number of thioether (sulfide) groups is 1. The molecule has 0 aliphatic carbocycles. The van der Waals surface area contributed by atoms with E-state index < -0.39 is 73.8 Å². The number of hydrogen-bond acceptors (Lipinski definition) is 14. The van der Waals surface area contributed by atoms with Crippen LogP contribution in [0.1, 0.15) is 41.0 Å². The molecule has 12 atom stereocenters. The molecule has 2 N–H and O–H groups in total. The van der Waals surface area contributed by atoms with E-state index in [-0.39, 0.29) is 24.9 Å². The summed E-state index contributed by atoms with van der Waals surface area (Å²) in [4.78, 5) is 12.2. The van der Waals surface area contributed by atoms with Gasteiger partial charge in [-0.25, -0.2) is 0 Å². The van der Waals surface area contributed by atoms with Gasteiger partial charge < -0.3 is 57.6 Å². The van der Waals surface area contributed by atoms with Crippen molar-refractivity contribution in [3.63, 3.8) is 0 Å². The van der Waals surface area contributed by atoms with E-state index in [0.717, 1.165) is 11.1 Å². The minimum atomic E-state index is -1.42. The van der Waals surface area contributed by atoms with Crippen molar-refractivity contribution >= 4 is 16.9 Å². The maximum absolute atomic E-state index is 12.2. The van der Waals surface area contributed by atoms with Gasteiger partial charge in [0.25, 0.3) is 0 Å². The Morgan fingerprint density at radius 1 is 0.667 bits per heavy atom. The Morgan fingerprint density at radius 3 is 1.85 bits per heavy atom. The number of carbonyl (C=O) groups excluding carboxylic acids is 1. The number of benzene rings is 3. The largest absolute Gasteiger partial charge is 0.387 e. The third-order valence-electron chi connectivity index (χ3n) is 9.76. The molecule has 4 aliphatic rings. The molecular weight excluding hydrogens is 720 g/mol. The fraction of sp³-hybridized carbons (Fsp3) is 0.525. The van der Waals surface area contributed by atoms with Gasteiger partial charge in [-0.2, -0.15) is 0 Å². The first-order chi connectivity index (χ1) is 26.5. The van der Waals surface area contributed by atoms with Gasteiger partial charge in [0.2, 0.25) is 5.12 Å². The summed E-state index contributed by atoms with van der Waals surface area (Å²) in [6, 6.07) is 28.2. The molecular formula is C40H48O13S. The van der Waals surface area contributed by atoms with E-state index in [4.69, 9.17) is 47.4 Å². The molecule has 292 valence electrons. The van der Waals surface area contributed by atoms with Crippen LogP contribution in [0.25, 0.3) is 0 Å². The van der Waals surface area contributed by atoms with Crippen LogP contribution in [0.4, 0.5) is 0 Å². The molecule has 4 saturated heterocycles. The summed E-state index contributed by atoms with van der Waals surface area (Å²) in [5.41, 5.74) is 2.32. The molecule has 4 fully saturated rings. The van der Waals surface area contributed by atoms with Gasteiger partial charge in [-0.1, -0.05) is 110 Å². The average Bonchev–Trinajstić information content (AvgIpc) is 3.22. The zero-order valence-corrected chi connectivity index (χ0v) is 30.9. The molecule has 54 heavy (non-hydrogen) atoms.